The number of rotatable bonds is 6. The molecular weight excluding hydrogens is 450 g/mol. The summed E-state index contributed by atoms with van der Waals surface area (Å²) >= 11 is 9.41. The van der Waals surface area contributed by atoms with Crippen LogP contribution in [0.25, 0.3) is 0 Å². The summed E-state index contributed by atoms with van der Waals surface area (Å²) in [5.41, 5.74) is 3.62. The van der Waals surface area contributed by atoms with Crippen molar-refractivity contribution in [2.45, 2.75) is 26.2 Å². The fourth-order valence-corrected chi connectivity index (χ4v) is 2.84. The Balaban J connectivity index is 1.94. The highest BCUT2D eigenvalue weighted by Gasteiger charge is 2.15. The predicted molar refractivity (Wildman–Crippen MR) is 112 cm³/mol. The van der Waals surface area contributed by atoms with Crippen LogP contribution in [0.4, 0.5) is 5.69 Å². The smallest absolute Gasteiger partial charge is 0.277 e. The number of nitro benzene ring substituents is 1. The molecule has 0 unspecified atom stereocenters. The normalized spacial score (nSPS) is 11.5. The first-order chi connectivity index (χ1) is 13.1. The van der Waals surface area contributed by atoms with Crippen molar-refractivity contribution in [3.8, 4) is 5.75 Å². The standard InChI is InChI=1S/C19H19BrClN3O4/c1-19(2,3)13-4-7-17(15(20)9-13)28-11-18(25)23-22-10-12-8-14(24(26)27)5-6-16(12)21/h4-10H,11H2,1-3H3,(H,23,25). The molecular formula is C19H19BrClN3O4. The Kier molecular flexibility index (Phi) is 7.15. The van der Waals surface area contributed by atoms with E-state index in [2.05, 4.69) is 47.2 Å². The number of benzene rings is 2. The Morgan fingerprint density at radius 3 is 2.64 bits per heavy atom. The average molecular weight is 469 g/mol. The fourth-order valence-electron chi connectivity index (χ4n) is 2.18. The van der Waals surface area contributed by atoms with Crippen LogP contribution in [0, 0.1) is 10.1 Å². The number of nitrogens with zero attached hydrogens (tertiary/aromatic N) is 2. The van der Waals surface area contributed by atoms with Crippen LogP contribution < -0.4 is 10.2 Å². The molecule has 0 aliphatic carbocycles. The highest BCUT2D eigenvalue weighted by molar-refractivity contribution is 9.10. The second kappa shape index (κ2) is 9.16. The first-order valence-corrected chi connectivity index (χ1v) is 9.43. The molecule has 0 saturated carbocycles. The van der Waals surface area contributed by atoms with Gasteiger partial charge in [-0.1, -0.05) is 38.4 Å². The van der Waals surface area contributed by atoms with E-state index in [9.17, 15) is 14.9 Å². The molecule has 148 valence electrons. The maximum absolute atomic E-state index is 11.9. The molecule has 1 amide bonds. The van der Waals surface area contributed by atoms with Gasteiger partial charge in [-0.25, -0.2) is 5.43 Å². The largest absolute Gasteiger partial charge is 0.483 e. The summed E-state index contributed by atoms with van der Waals surface area (Å²) in [4.78, 5) is 22.2. The van der Waals surface area contributed by atoms with Crippen molar-refractivity contribution in [3.63, 3.8) is 0 Å². The number of hydrazone groups is 1. The first kappa shape index (κ1) is 21.8. The first-order valence-electron chi connectivity index (χ1n) is 8.26. The third kappa shape index (κ3) is 6.03. The molecule has 2 rings (SSSR count). The molecule has 0 heterocycles. The lowest BCUT2D eigenvalue weighted by Gasteiger charge is -2.20. The van der Waals surface area contributed by atoms with Gasteiger partial charge in [-0.05, 0) is 45.1 Å². The van der Waals surface area contributed by atoms with Crippen LogP contribution in [-0.2, 0) is 10.2 Å². The number of halogens is 2. The van der Waals surface area contributed by atoms with Gasteiger partial charge in [0.05, 0.1) is 15.6 Å². The molecule has 0 bridgehead atoms. The van der Waals surface area contributed by atoms with Gasteiger partial charge in [0.25, 0.3) is 11.6 Å². The van der Waals surface area contributed by atoms with Crippen molar-refractivity contribution < 1.29 is 14.5 Å². The summed E-state index contributed by atoms with van der Waals surface area (Å²) < 4.78 is 6.24. The Hall–Kier alpha value is -2.45. The van der Waals surface area contributed by atoms with E-state index < -0.39 is 10.8 Å². The van der Waals surface area contributed by atoms with E-state index in [0.29, 0.717) is 11.3 Å². The lowest BCUT2D eigenvalue weighted by atomic mass is 9.87. The summed E-state index contributed by atoms with van der Waals surface area (Å²) in [6.45, 7) is 6.07. The van der Waals surface area contributed by atoms with E-state index in [1.54, 1.807) is 6.07 Å². The zero-order valence-corrected chi connectivity index (χ0v) is 17.9. The monoisotopic (exact) mass is 467 g/mol. The number of carbonyl (C=O) groups excluding carboxylic acids is 1. The quantitative estimate of drug-likeness (QED) is 0.373. The maximum atomic E-state index is 11.9. The van der Waals surface area contributed by atoms with E-state index in [1.807, 2.05) is 12.1 Å². The molecule has 0 spiro atoms. The van der Waals surface area contributed by atoms with Gasteiger partial charge in [0.1, 0.15) is 5.75 Å². The highest BCUT2D eigenvalue weighted by Crippen LogP contribution is 2.31. The number of non-ortho nitro benzene ring substituents is 1. The van der Waals surface area contributed by atoms with E-state index >= 15 is 0 Å². The van der Waals surface area contributed by atoms with Gasteiger partial charge in [-0.3, -0.25) is 14.9 Å². The van der Waals surface area contributed by atoms with Gasteiger partial charge in [0.2, 0.25) is 0 Å². The van der Waals surface area contributed by atoms with Gasteiger partial charge in [-0.2, -0.15) is 5.10 Å². The van der Waals surface area contributed by atoms with Crippen molar-refractivity contribution >= 4 is 45.3 Å². The number of ether oxygens (including phenoxy) is 1. The Bertz CT molecular complexity index is 926. The van der Waals surface area contributed by atoms with Crippen LogP contribution >= 0.6 is 27.5 Å². The van der Waals surface area contributed by atoms with Gasteiger partial charge in [0, 0.05) is 22.7 Å². The second-order valence-corrected chi connectivity index (χ2v) is 8.20. The Morgan fingerprint density at radius 1 is 1.32 bits per heavy atom. The third-order valence-corrected chi connectivity index (χ3v) is 4.70. The Labute approximate surface area is 176 Å². The number of carbonyl (C=O) groups is 1. The van der Waals surface area contributed by atoms with E-state index in [1.165, 1.54) is 24.4 Å². The molecule has 28 heavy (non-hydrogen) atoms. The molecule has 0 aliphatic rings. The molecule has 0 atom stereocenters. The number of nitrogens with one attached hydrogen (secondary N) is 1. The van der Waals surface area contributed by atoms with E-state index in [-0.39, 0.29) is 22.7 Å². The molecule has 2 aromatic rings. The number of hydrogen-bond acceptors (Lipinski definition) is 5. The van der Waals surface area contributed by atoms with Crippen LogP contribution in [0.3, 0.4) is 0 Å². The molecule has 1 N–H and O–H groups in total. The van der Waals surface area contributed by atoms with Gasteiger partial charge in [-0.15, -0.1) is 0 Å². The molecule has 7 nitrogen and oxygen atoms in total. The lowest BCUT2D eigenvalue weighted by Crippen LogP contribution is -2.24. The highest BCUT2D eigenvalue weighted by atomic mass is 79.9. The summed E-state index contributed by atoms with van der Waals surface area (Å²) in [5.74, 6) is 0.0541. The van der Waals surface area contributed by atoms with Crippen molar-refractivity contribution in [2.75, 3.05) is 6.61 Å². The number of amides is 1. The van der Waals surface area contributed by atoms with Crippen LogP contribution in [0.15, 0.2) is 46.0 Å². The summed E-state index contributed by atoms with van der Waals surface area (Å²) in [7, 11) is 0. The molecule has 9 heteroatoms. The van der Waals surface area contributed by atoms with Gasteiger partial charge in [0.15, 0.2) is 6.61 Å². The maximum Gasteiger partial charge on any atom is 0.277 e. The molecule has 0 saturated heterocycles. The summed E-state index contributed by atoms with van der Waals surface area (Å²) in [6.07, 6.45) is 1.24. The van der Waals surface area contributed by atoms with Gasteiger partial charge < -0.3 is 4.74 Å². The average Bonchev–Trinajstić information content (AvgIpc) is 2.61. The van der Waals surface area contributed by atoms with Crippen molar-refractivity contribution in [2.24, 2.45) is 5.10 Å². The van der Waals surface area contributed by atoms with Crippen LogP contribution in [0.1, 0.15) is 31.9 Å². The summed E-state index contributed by atoms with van der Waals surface area (Å²) in [6, 6.07) is 9.64. The van der Waals surface area contributed by atoms with Crippen LogP contribution in [0.5, 0.6) is 5.75 Å². The topological polar surface area (TPSA) is 93.8 Å². The van der Waals surface area contributed by atoms with Gasteiger partial charge >= 0.3 is 0 Å². The second-order valence-electron chi connectivity index (χ2n) is 6.94. The van der Waals surface area contributed by atoms with Crippen LogP contribution in [0.2, 0.25) is 5.02 Å². The molecule has 0 fully saturated rings. The number of nitro groups is 1. The van der Waals surface area contributed by atoms with Crippen molar-refractivity contribution in [1.29, 1.82) is 0 Å². The zero-order chi connectivity index (χ0) is 20.9. The summed E-state index contributed by atoms with van der Waals surface area (Å²) in [5, 5.41) is 14.8. The van der Waals surface area contributed by atoms with Crippen molar-refractivity contribution in [1.82, 2.24) is 5.43 Å². The lowest BCUT2D eigenvalue weighted by molar-refractivity contribution is -0.384. The minimum atomic E-state index is -0.539. The third-order valence-electron chi connectivity index (χ3n) is 3.74. The number of hydrogen-bond donors (Lipinski definition) is 1. The van der Waals surface area contributed by atoms with Crippen LogP contribution in [-0.4, -0.2) is 23.7 Å². The van der Waals surface area contributed by atoms with E-state index in [4.69, 9.17) is 16.3 Å². The van der Waals surface area contributed by atoms with Crippen molar-refractivity contribution in [3.05, 3.63) is 67.1 Å². The molecule has 0 aliphatic heterocycles. The predicted octanol–water partition coefficient (Wildman–Crippen LogP) is 4.84. The zero-order valence-electron chi connectivity index (χ0n) is 15.5. The minimum Gasteiger partial charge on any atom is -0.483 e. The molecule has 0 radical (unpaired) electrons. The molecule has 2 aromatic carbocycles. The Morgan fingerprint density at radius 2 is 2.04 bits per heavy atom. The van der Waals surface area contributed by atoms with E-state index in [0.717, 1.165) is 10.0 Å². The minimum absolute atomic E-state index is 0.000917. The SMILES string of the molecule is CC(C)(C)c1ccc(OCC(=O)NN=Cc2cc([N+](=O)[O-])ccc2Cl)c(Br)c1. The fraction of sp³-hybridized carbons (Fsp3) is 0.263. The molecule has 0 aromatic heterocycles.